The number of hydrogen-bond acceptors (Lipinski definition) is 6. The molecule has 6 N–H and O–H groups in total. The zero-order chi connectivity index (χ0) is 10.7. The summed E-state index contributed by atoms with van der Waals surface area (Å²) in [6.45, 7) is 0. The van der Waals surface area contributed by atoms with Gasteiger partial charge in [0.2, 0.25) is 0 Å². The standard InChI is InChI=1S/3CH3NOS.V/c3*2-1(3)4;/h3*(H3,2,3,4);/q;;;+3/p-3. The number of nitrogens with two attached hydrogens (primary N) is 3. The quantitative estimate of drug-likeness (QED) is 0.479. The van der Waals surface area contributed by atoms with Crippen molar-refractivity contribution >= 4 is 53.6 Å². The summed E-state index contributed by atoms with van der Waals surface area (Å²) in [5.41, 5.74) is 12.9. The van der Waals surface area contributed by atoms with Gasteiger partial charge in [-0.25, -0.2) is 0 Å². The van der Waals surface area contributed by atoms with E-state index in [4.69, 9.17) is 14.4 Å². The number of rotatable bonds is 0. The van der Waals surface area contributed by atoms with E-state index in [-0.39, 0.29) is 18.6 Å². The predicted octanol–water partition coefficient (Wildman–Crippen LogP) is -1.17. The van der Waals surface area contributed by atoms with Crippen LogP contribution in [-0.2, 0) is 56.4 Å². The summed E-state index contributed by atoms with van der Waals surface area (Å²) in [5.74, 6) is 0. The number of primary amides is 3. The van der Waals surface area contributed by atoms with Crippen LogP contribution < -0.4 is 17.2 Å². The molecule has 3 amide bonds. The van der Waals surface area contributed by atoms with Crippen molar-refractivity contribution in [1.82, 2.24) is 0 Å². The second-order valence-corrected chi connectivity index (χ2v) is 2.16. The van der Waals surface area contributed by atoms with Gasteiger partial charge in [-0.05, 0) is 0 Å². The first-order chi connectivity index (χ1) is 5.20. The molecule has 0 aromatic rings. The van der Waals surface area contributed by atoms with E-state index in [1.54, 1.807) is 0 Å². The van der Waals surface area contributed by atoms with Crippen LogP contribution in [-0.4, -0.2) is 15.7 Å². The number of hydrogen-bond donors (Lipinski definition) is 3. The van der Waals surface area contributed by atoms with E-state index in [2.05, 4.69) is 55.1 Å². The second kappa shape index (κ2) is 17.7. The monoisotopic (exact) mass is 279 g/mol. The zero-order valence-electron chi connectivity index (χ0n) is 6.13. The molecule has 0 aliphatic carbocycles. The minimum absolute atomic E-state index is 0. The Balaban J connectivity index is -0.0000000450. The fourth-order valence-electron chi connectivity index (χ4n) is 0. The Morgan fingerprint density at radius 3 is 0.692 bits per heavy atom. The molecule has 0 fully saturated rings. The van der Waals surface area contributed by atoms with Crippen molar-refractivity contribution in [2.45, 2.75) is 0 Å². The van der Waals surface area contributed by atoms with Gasteiger partial charge in [-0.3, -0.25) is 0 Å². The molecule has 0 bridgehead atoms. The third-order valence-corrected chi connectivity index (χ3v) is 0. The van der Waals surface area contributed by atoms with E-state index >= 15 is 0 Å². The maximum atomic E-state index is 9.04. The third-order valence-electron chi connectivity index (χ3n) is 0. The normalized spacial score (nSPS) is 5.54. The van der Waals surface area contributed by atoms with E-state index in [9.17, 15) is 0 Å². The first-order valence-electron chi connectivity index (χ1n) is 2.09. The van der Waals surface area contributed by atoms with Crippen LogP contribution in [0.1, 0.15) is 0 Å². The number of carbonyl (C=O) groups excluding carboxylic acids is 3. The first-order valence-corrected chi connectivity index (χ1v) is 3.32. The van der Waals surface area contributed by atoms with Crippen LogP contribution in [0.3, 0.4) is 0 Å². The molecule has 0 aliphatic heterocycles. The molecule has 10 heteroatoms. The molecule has 0 aromatic carbocycles. The smallest absolute Gasteiger partial charge is 0.719 e. The van der Waals surface area contributed by atoms with Gasteiger partial charge in [0, 0.05) is 0 Å². The molecular formula is C3H6N3O3S3V. The van der Waals surface area contributed by atoms with E-state index in [0.717, 1.165) is 0 Å². The van der Waals surface area contributed by atoms with Crippen LogP contribution in [0.2, 0.25) is 0 Å². The third kappa shape index (κ3) is 9100. The molecule has 74 valence electrons. The van der Waals surface area contributed by atoms with Gasteiger partial charge in [-0.2, -0.15) is 0 Å². The van der Waals surface area contributed by atoms with Gasteiger partial charge in [0.15, 0.2) is 0 Å². The zero-order valence-corrected chi connectivity index (χ0v) is 9.97. The van der Waals surface area contributed by atoms with Crippen molar-refractivity contribution in [1.29, 1.82) is 0 Å². The molecular weight excluding hydrogens is 273 g/mol. The van der Waals surface area contributed by atoms with Crippen LogP contribution in [0.25, 0.3) is 0 Å². The van der Waals surface area contributed by atoms with E-state index < -0.39 is 15.7 Å². The van der Waals surface area contributed by atoms with E-state index in [1.165, 1.54) is 0 Å². The van der Waals surface area contributed by atoms with Crippen LogP contribution in [0, 0.1) is 0 Å². The van der Waals surface area contributed by atoms with Gasteiger partial charge >= 0.3 is 18.6 Å². The summed E-state index contributed by atoms with van der Waals surface area (Å²) < 4.78 is 0. The Kier molecular flexibility index (Phi) is 31.2. The molecule has 0 saturated carbocycles. The second-order valence-electron chi connectivity index (χ2n) is 0.957. The average molecular weight is 279 g/mol. The van der Waals surface area contributed by atoms with Crippen LogP contribution in [0.4, 0.5) is 14.4 Å². The topological polar surface area (TPSA) is 129 Å². The molecule has 0 unspecified atom stereocenters. The molecule has 0 aromatic heterocycles. The molecule has 0 saturated heterocycles. The van der Waals surface area contributed by atoms with Crippen molar-refractivity contribution in [2.75, 3.05) is 0 Å². The summed E-state index contributed by atoms with van der Waals surface area (Å²) in [6, 6.07) is 0. The molecule has 0 rings (SSSR count). The molecule has 0 aliphatic rings. The van der Waals surface area contributed by atoms with Crippen LogP contribution in [0.5, 0.6) is 0 Å². The van der Waals surface area contributed by atoms with Gasteiger partial charge in [-0.15, -0.1) is 0 Å². The Labute approximate surface area is 103 Å². The minimum Gasteiger partial charge on any atom is -0.719 e. The Hall–Kier alpha value is -0.346. The van der Waals surface area contributed by atoms with Gasteiger partial charge in [0.1, 0.15) is 0 Å². The van der Waals surface area contributed by atoms with Crippen molar-refractivity contribution < 1.29 is 32.9 Å². The van der Waals surface area contributed by atoms with Crippen LogP contribution in [0.15, 0.2) is 0 Å². The van der Waals surface area contributed by atoms with Crippen LogP contribution >= 0.6 is 0 Å². The van der Waals surface area contributed by atoms with Crippen molar-refractivity contribution in [3.63, 3.8) is 0 Å². The van der Waals surface area contributed by atoms with Crippen molar-refractivity contribution in [2.24, 2.45) is 17.2 Å². The van der Waals surface area contributed by atoms with Gasteiger partial charge in [0.25, 0.3) is 0 Å². The SMILES string of the molecule is NC(=O)[S-].NC(=O)[S-].NC(=O)[S-].[V+3]. The fraction of sp³-hybridized carbons (Fsp3) is 0. The molecule has 0 radical (unpaired) electrons. The minimum atomic E-state index is -0.750. The summed E-state index contributed by atoms with van der Waals surface area (Å²) in [5, 5.41) is -2.25. The molecule has 0 atom stereocenters. The fourth-order valence-corrected chi connectivity index (χ4v) is 0. The predicted molar refractivity (Wildman–Crippen MR) is 50.8 cm³/mol. The Bertz CT molecular complexity index is 127. The summed E-state index contributed by atoms with van der Waals surface area (Å²) >= 11 is 11.3. The maximum absolute atomic E-state index is 9.04. The largest absolute Gasteiger partial charge is 3.00 e. The van der Waals surface area contributed by atoms with Crippen molar-refractivity contribution in [3.8, 4) is 0 Å². The first kappa shape index (κ1) is 22.9. The molecule has 0 heterocycles. The van der Waals surface area contributed by atoms with Gasteiger partial charge < -0.3 is 69.5 Å². The van der Waals surface area contributed by atoms with Gasteiger partial charge in [-0.1, -0.05) is 0 Å². The summed E-state index contributed by atoms with van der Waals surface area (Å²) in [4.78, 5) is 27.1. The molecule has 13 heavy (non-hydrogen) atoms. The van der Waals surface area contributed by atoms with Gasteiger partial charge in [0.05, 0.1) is 15.7 Å². The summed E-state index contributed by atoms with van der Waals surface area (Å²) in [7, 11) is 0. The number of carbonyl (C=O) groups is 3. The van der Waals surface area contributed by atoms with E-state index in [0.29, 0.717) is 0 Å². The number of amides is 3. The average Bonchev–Trinajstić information content (AvgIpc) is 1.54. The molecule has 0 spiro atoms. The molecule has 6 nitrogen and oxygen atoms in total. The Morgan fingerprint density at radius 1 is 0.692 bits per heavy atom. The Morgan fingerprint density at radius 2 is 0.692 bits per heavy atom. The van der Waals surface area contributed by atoms with E-state index in [1.807, 2.05) is 0 Å². The maximum Gasteiger partial charge on any atom is 3.00 e. The van der Waals surface area contributed by atoms with Crippen molar-refractivity contribution in [3.05, 3.63) is 0 Å². The summed E-state index contributed by atoms with van der Waals surface area (Å²) in [6.07, 6.45) is 0.